The lowest BCUT2D eigenvalue weighted by atomic mass is 10.3. The maximum atomic E-state index is 5.80. The molecule has 1 aromatic carbocycles. The van der Waals surface area contributed by atoms with Crippen LogP contribution in [0.5, 0.6) is 5.75 Å². The van der Waals surface area contributed by atoms with E-state index in [-0.39, 0.29) is 6.10 Å². The molecular weight excluding hydrogens is 266 g/mol. The molecule has 0 aliphatic heterocycles. The lowest BCUT2D eigenvalue weighted by Crippen LogP contribution is -2.42. The Kier molecular flexibility index (Phi) is 9.04. The maximum Gasteiger partial charge on any atom is 0.191 e. The Hall–Kier alpha value is -1.75. The highest BCUT2D eigenvalue weighted by Gasteiger charge is 2.05. The van der Waals surface area contributed by atoms with Gasteiger partial charge in [0.15, 0.2) is 5.96 Å². The third-order valence-electron chi connectivity index (χ3n) is 2.82. The Labute approximate surface area is 127 Å². The minimum absolute atomic E-state index is 0.0642. The molecule has 1 atom stereocenters. The van der Waals surface area contributed by atoms with Crippen LogP contribution in [0.2, 0.25) is 0 Å². The summed E-state index contributed by atoms with van der Waals surface area (Å²) in [6.07, 6.45) is 1.03. The zero-order valence-corrected chi connectivity index (χ0v) is 13.3. The summed E-state index contributed by atoms with van der Waals surface area (Å²) in [4.78, 5) is 4.18. The zero-order valence-electron chi connectivity index (χ0n) is 13.3. The summed E-state index contributed by atoms with van der Waals surface area (Å²) < 4.78 is 11.1. The van der Waals surface area contributed by atoms with Gasteiger partial charge in [-0.05, 0) is 32.4 Å². The summed E-state index contributed by atoms with van der Waals surface area (Å²) in [5.74, 6) is 1.67. The third kappa shape index (κ3) is 8.19. The Bertz CT molecular complexity index is 396. The molecule has 2 N–H and O–H groups in total. The van der Waals surface area contributed by atoms with E-state index >= 15 is 0 Å². The third-order valence-corrected chi connectivity index (χ3v) is 2.82. The first kappa shape index (κ1) is 17.3. The van der Waals surface area contributed by atoms with Crippen molar-refractivity contribution >= 4 is 5.96 Å². The molecule has 118 valence electrons. The molecule has 0 fully saturated rings. The SMILES string of the molecule is CCOCCCNC(=NC)NCC(C)Oc1ccccc1. The van der Waals surface area contributed by atoms with E-state index in [1.807, 2.05) is 44.2 Å². The molecule has 0 aliphatic carbocycles. The number of rotatable bonds is 9. The van der Waals surface area contributed by atoms with Gasteiger partial charge in [0.2, 0.25) is 0 Å². The van der Waals surface area contributed by atoms with Gasteiger partial charge in [0, 0.05) is 26.8 Å². The fraction of sp³-hybridized carbons (Fsp3) is 0.562. The molecule has 21 heavy (non-hydrogen) atoms. The van der Waals surface area contributed by atoms with E-state index in [0.717, 1.165) is 37.9 Å². The van der Waals surface area contributed by atoms with Crippen LogP contribution in [0.25, 0.3) is 0 Å². The van der Waals surface area contributed by atoms with Crippen molar-refractivity contribution in [2.24, 2.45) is 4.99 Å². The van der Waals surface area contributed by atoms with Crippen LogP contribution in [-0.2, 0) is 4.74 Å². The second kappa shape index (κ2) is 11.0. The first-order valence-electron chi connectivity index (χ1n) is 7.50. The number of nitrogens with zero attached hydrogens (tertiary/aromatic N) is 1. The predicted molar refractivity (Wildman–Crippen MR) is 87.0 cm³/mol. The van der Waals surface area contributed by atoms with E-state index in [2.05, 4.69) is 15.6 Å². The number of ether oxygens (including phenoxy) is 2. The fourth-order valence-electron chi connectivity index (χ4n) is 1.76. The minimum Gasteiger partial charge on any atom is -0.489 e. The average Bonchev–Trinajstić information content (AvgIpc) is 2.51. The number of hydrogen-bond donors (Lipinski definition) is 2. The molecule has 0 spiro atoms. The highest BCUT2D eigenvalue weighted by atomic mass is 16.5. The van der Waals surface area contributed by atoms with Crippen molar-refractivity contribution in [3.8, 4) is 5.75 Å². The van der Waals surface area contributed by atoms with Crippen LogP contribution in [0, 0.1) is 0 Å². The average molecular weight is 293 g/mol. The molecule has 0 amide bonds. The minimum atomic E-state index is 0.0642. The summed E-state index contributed by atoms with van der Waals surface area (Å²) in [6.45, 7) is 7.10. The summed E-state index contributed by atoms with van der Waals surface area (Å²) in [6, 6.07) is 9.82. The van der Waals surface area contributed by atoms with Crippen LogP contribution in [0.4, 0.5) is 0 Å². The summed E-state index contributed by atoms with van der Waals surface area (Å²) in [5.41, 5.74) is 0. The van der Waals surface area contributed by atoms with Gasteiger partial charge in [-0.3, -0.25) is 4.99 Å². The molecule has 0 saturated heterocycles. The predicted octanol–water partition coefficient (Wildman–Crippen LogP) is 2.05. The molecule has 1 unspecified atom stereocenters. The Morgan fingerprint density at radius 1 is 1.24 bits per heavy atom. The second-order valence-corrected chi connectivity index (χ2v) is 4.67. The topological polar surface area (TPSA) is 54.9 Å². The van der Waals surface area contributed by atoms with Gasteiger partial charge in [-0.15, -0.1) is 0 Å². The number of benzene rings is 1. The smallest absolute Gasteiger partial charge is 0.191 e. The van der Waals surface area contributed by atoms with Crippen molar-refractivity contribution < 1.29 is 9.47 Å². The number of hydrogen-bond acceptors (Lipinski definition) is 3. The van der Waals surface area contributed by atoms with Gasteiger partial charge in [0.1, 0.15) is 11.9 Å². The van der Waals surface area contributed by atoms with E-state index in [9.17, 15) is 0 Å². The fourth-order valence-corrected chi connectivity index (χ4v) is 1.76. The van der Waals surface area contributed by atoms with E-state index in [1.54, 1.807) is 7.05 Å². The van der Waals surface area contributed by atoms with Crippen molar-refractivity contribution in [2.45, 2.75) is 26.4 Å². The molecule has 1 rings (SSSR count). The lowest BCUT2D eigenvalue weighted by molar-refractivity contribution is 0.145. The standard InChI is InChI=1S/C16H27N3O2/c1-4-20-12-8-11-18-16(17-3)19-13-14(2)21-15-9-6-5-7-10-15/h5-7,9-10,14H,4,8,11-13H2,1-3H3,(H2,17,18,19). The molecule has 1 aromatic rings. The van der Waals surface area contributed by atoms with E-state index in [0.29, 0.717) is 6.54 Å². The van der Waals surface area contributed by atoms with E-state index in [1.165, 1.54) is 0 Å². The van der Waals surface area contributed by atoms with Crippen LogP contribution in [0.15, 0.2) is 35.3 Å². The van der Waals surface area contributed by atoms with Gasteiger partial charge in [0.25, 0.3) is 0 Å². The summed E-state index contributed by atoms with van der Waals surface area (Å²) >= 11 is 0. The zero-order chi connectivity index (χ0) is 15.3. The first-order chi connectivity index (χ1) is 10.3. The van der Waals surface area contributed by atoms with Gasteiger partial charge in [-0.2, -0.15) is 0 Å². The molecule has 0 heterocycles. The van der Waals surface area contributed by atoms with Crippen molar-refractivity contribution in [1.82, 2.24) is 10.6 Å². The van der Waals surface area contributed by atoms with Crippen LogP contribution in [0.3, 0.4) is 0 Å². The number of guanidine groups is 1. The van der Waals surface area contributed by atoms with Gasteiger partial charge >= 0.3 is 0 Å². The largest absolute Gasteiger partial charge is 0.489 e. The molecule has 0 aliphatic rings. The quantitative estimate of drug-likeness (QED) is 0.416. The van der Waals surface area contributed by atoms with Crippen LogP contribution in [-0.4, -0.2) is 45.4 Å². The van der Waals surface area contributed by atoms with Gasteiger partial charge in [-0.25, -0.2) is 0 Å². The molecule has 5 nitrogen and oxygen atoms in total. The van der Waals surface area contributed by atoms with Gasteiger partial charge < -0.3 is 20.1 Å². The Morgan fingerprint density at radius 3 is 2.67 bits per heavy atom. The maximum absolute atomic E-state index is 5.80. The second-order valence-electron chi connectivity index (χ2n) is 4.67. The molecule has 0 aromatic heterocycles. The molecule has 0 radical (unpaired) electrons. The van der Waals surface area contributed by atoms with Crippen molar-refractivity contribution in [2.75, 3.05) is 33.4 Å². The van der Waals surface area contributed by atoms with E-state index < -0.39 is 0 Å². The monoisotopic (exact) mass is 293 g/mol. The Morgan fingerprint density at radius 2 is 2.00 bits per heavy atom. The normalized spacial score (nSPS) is 12.8. The Balaban J connectivity index is 2.19. The number of nitrogens with one attached hydrogen (secondary N) is 2. The van der Waals surface area contributed by atoms with E-state index in [4.69, 9.17) is 9.47 Å². The number of aliphatic imine (C=N–C) groups is 1. The number of para-hydroxylation sites is 1. The molecule has 5 heteroatoms. The first-order valence-corrected chi connectivity index (χ1v) is 7.50. The lowest BCUT2D eigenvalue weighted by Gasteiger charge is -2.17. The van der Waals surface area contributed by atoms with Crippen molar-refractivity contribution in [3.63, 3.8) is 0 Å². The van der Waals surface area contributed by atoms with Crippen LogP contribution >= 0.6 is 0 Å². The summed E-state index contributed by atoms with van der Waals surface area (Å²) in [7, 11) is 1.76. The molecule has 0 saturated carbocycles. The van der Waals surface area contributed by atoms with Crippen LogP contribution < -0.4 is 15.4 Å². The highest BCUT2D eigenvalue weighted by Crippen LogP contribution is 2.10. The van der Waals surface area contributed by atoms with Crippen molar-refractivity contribution in [1.29, 1.82) is 0 Å². The van der Waals surface area contributed by atoms with Gasteiger partial charge in [-0.1, -0.05) is 18.2 Å². The summed E-state index contributed by atoms with van der Waals surface area (Å²) in [5, 5.41) is 6.50. The van der Waals surface area contributed by atoms with Crippen LogP contribution in [0.1, 0.15) is 20.3 Å². The molecule has 0 bridgehead atoms. The molecular formula is C16H27N3O2. The van der Waals surface area contributed by atoms with Gasteiger partial charge in [0.05, 0.1) is 6.54 Å². The highest BCUT2D eigenvalue weighted by molar-refractivity contribution is 5.79. The van der Waals surface area contributed by atoms with Crippen molar-refractivity contribution in [3.05, 3.63) is 30.3 Å².